The van der Waals surface area contributed by atoms with Crippen molar-refractivity contribution in [2.75, 3.05) is 20.2 Å². The fraction of sp³-hybridized carbons (Fsp3) is 0.600. The van der Waals surface area contributed by atoms with Crippen molar-refractivity contribution >= 4 is 0 Å². The molecular formula is C15H23NO2. The monoisotopic (exact) mass is 249 g/mol. The second-order valence-electron chi connectivity index (χ2n) is 5.94. The predicted octanol–water partition coefficient (Wildman–Crippen LogP) is 2.39. The largest absolute Gasteiger partial charge is 0.497 e. The third-order valence-electron chi connectivity index (χ3n) is 3.31. The van der Waals surface area contributed by atoms with Crippen molar-refractivity contribution in [2.45, 2.75) is 38.4 Å². The molecular weight excluding hydrogens is 226 g/mol. The second kappa shape index (κ2) is 4.90. The van der Waals surface area contributed by atoms with Gasteiger partial charge in [-0.1, -0.05) is 12.1 Å². The summed E-state index contributed by atoms with van der Waals surface area (Å²) in [5, 5.41) is 3.46. The van der Waals surface area contributed by atoms with Gasteiger partial charge in [0.15, 0.2) is 0 Å². The van der Waals surface area contributed by atoms with Gasteiger partial charge < -0.3 is 14.8 Å². The van der Waals surface area contributed by atoms with Crippen molar-refractivity contribution < 1.29 is 9.47 Å². The maximum absolute atomic E-state index is 6.23. The summed E-state index contributed by atoms with van der Waals surface area (Å²) >= 11 is 0. The molecule has 2 rings (SSSR count). The van der Waals surface area contributed by atoms with Gasteiger partial charge in [0.05, 0.1) is 18.3 Å². The minimum atomic E-state index is -0.143. The van der Waals surface area contributed by atoms with Crippen LogP contribution in [0.4, 0.5) is 0 Å². The van der Waals surface area contributed by atoms with E-state index in [-0.39, 0.29) is 11.2 Å². The van der Waals surface area contributed by atoms with Crippen LogP contribution in [0.15, 0.2) is 24.3 Å². The normalized spacial score (nSPS) is 26.9. The lowest BCUT2D eigenvalue weighted by Gasteiger charge is -2.44. The third kappa shape index (κ3) is 3.24. The summed E-state index contributed by atoms with van der Waals surface area (Å²) in [6, 6.07) is 8.21. The van der Waals surface area contributed by atoms with E-state index in [0.29, 0.717) is 0 Å². The first kappa shape index (κ1) is 13.4. The zero-order valence-electron chi connectivity index (χ0n) is 11.7. The standard InChI is InChI=1S/C15H23NO2/c1-14(2)10-16-11-15(3,18-14)9-12-5-7-13(17-4)8-6-12/h5-8,16H,9-11H2,1-4H3. The average Bonchev–Trinajstić information content (AvgIpc) is 2.27. The third-order valence-corrected chi connectivity index (χ3v) is 3.31. The number of hydrogen-bond acceptors (Lipinski definition) is 3. The summed E-state index contributed by atoms with van der Waals surface area (Å²) in [5.74, 6) is 0.895. The Morgan fingerprint density at radius 3 is 2.39 bits per heavy atom. The molecule has 0 amide bonds. The molecule has 1 aromatic carbocycles. The van der Waals surface area contributed by atoms with Crippen molar-refractivity contribution in [1.82, 2.24) is 5.32 Å². The van der Waals surface area contributed by atoms with E-state index in [2.05, 4.69) is 38.2 Å². The number of morpholine rings is 1. The molecule has 0 saturated carbocycles. The molecule has 0 radical (unpaired) electrons. The van der Waals surface area contributed by atoms with Gasteiger partial charge >= 0.3 is 0 Å². The number of ether oxygens (including phenoxy) is 2. The van der Waals surface area contributed by atoms with Crippen LogP contribution in [0.3, 0.4) is 0 Å². The Hall–Kier alpha value is -1.06. The summed E-state index contributed by atoms with van der Waals surface area (Å²) in [6.07, 6.45) is 0.910. The molecule has 3 heteroatoms. The fourth-order valence-corrected chi connectivity index (χ4v) is 2.64. The van der Waals surface area contributed by atoms with Crippen molar-refractivity contribution in [2.24, 2.45) is 0 Å². The Balaban J connectivity index is 2.07. The summed E-state index contributed by atoms with van der Waals surface area (Å²) in [5.41, 5.74) is 1.04. The van der Waals surface area contributed by atoms with Crippen LogP contribution in [0.5, 0.6) is 5.75 Å². The highest BCUT2D eigenvalue weighted by molar-refractivity contribution is 5.28. The van der Waals surface area contributed by atoms with E-state index in [1.54, 1.807) is 7.11 Å². The van der Waals surface area contributed by atoms with E-state index in [0.717, 1.165) is 25.3 Å². The number of hydrogen-bond donors (Lipinski definition) is 1. The highest BCUT2D eigenvalue weighted by Gasteiger charge is 2.37. The zero-order valence-corrected chi connectivity index (χ0v) is 11.7. The van der Waals surface area contributed by atoms with Gasteiger partial charge in [-0.2, -0.15) is 0 Å². The molecule has 1 atom stereocenters. The Bertz CT molecular complexity index is 399. The van der Waals surface area contributed by atoms with Gasteiger partial charge in [-0.05, 0) is 38.5 Å². The number of rotatable bonds is 3. The first-order chi connectivity index (χ1) is 8.42. The molecule has 0 aliphatic carbocycles. The molecule has 1 N–H and O–H groups in total. The fourth-order valence-electron chi connectivity index (χ4n) is 2.64. The van der Waals surface area contributed by atoms with Crippen molar-refractivity contribution in [3.63, 3.8) is 0 Å². The van der Waals surface area contributed by atoms with Crippen molar-refractivity contribution in [3.05, 3.63) is 29.8 Å². The van der Waals surface area contributed by atoms with Gasteiger partial charge in [0, 0.05) is 19.5 Å². The predicted molar refractivity (Wildman–Crippen MR) is 73.1 cm³/mol. The molecule has 1 unspecified atom stereocenters. The molecule has 0 aromatic heterocycles. The summed E-state index contributed by atoms with van der Waals surface area (Å²) < 4.78 is 11.4. The van der Waals surface area contributed by atoms with Crippen LogP contribution in [0.1, 0.15) is 26.3 Å². The maximum Gasteiger partial charge on any atom is 0.118 e. The number of benzene rings is 1. The Kier molecular flexibility index (Phi) is 3.64. The summed E-state index contributed by atoms with van der Waals surface area (Å²) in [4.78, 5) is 0. The van der Waals surface area contributed by atoms with Crippen LogP contribution in [0, 0.1) is 0 Å². The van der Waals surface area contributed by atoms with Crippen molar-refractivity contribution in [3.8, 4) is 5.75 Å². The Morgan fingerprint density at radius 1 is 1.17 bits per heavy atom. The molecule has 100 valence electrons. The lowest BCUT2D eigenvalue weighted by atomic mass is 9.92. The highest BCUT2D eigenvalue weighted by Crippen LogP contribution is 2.27. The molecule has 0 bridgehead atoms. The van der Waals surface area contributed by atoms with Crippen LogP contribution in [-0.4, -0.2) is 31.4 Å². The lowest BCUT2D eigenvalue weighted by molar-refractivity contribution is -0.151. The van der Waals surface area contributed by atoms with Gasteiger partial charge in [-0.15, -0.1) is 0 Å². The van der Waals surface area contributed by atoms with Crippen molar-refractivity contribution in [1.29, 1.82) is 0 Å². The molecule has 18 heavy (non-hydrogen) atoms. The smallest absolute Gasteiger partial charge is 0.118 e. The minimum Gasteiger partial charge on any atom is -0.497 e. The molecule has 1 heterocycles. The highest BCUT2D eigenvalue weighted by atomic mass is 16.5. The van der Waals surface area contributed by atoms with E-state index in [9.17, 15) is 0 Å². The maximum atomic E-state index is 6.23. The molecule has 1 saturated heterocycles. The van der Waals surface area contributed by atoms with Gasteiger partial charge in [-0.3, -0.25) is 0 Å². The van der Waals surface area contributed by atoms with Crippen LogP contribution in [-0.2, 0) is 11.2 Å². The van der Waals surface area contributed by atoms with E-state index in [1.165, 1.54) is 5.56 Å². The topological polar surface area (TPSA) is 30.5 Å². The quantitative estimate of drug-likeness (QED) is 0.892. The van der Waals surface area contributed by atoms with Gasteiger partial charge in [0.1, 0.15) is 5.75 Å². The minimum absolute atomic E-state index is 0.0977. The average molecular weight is 249 g/mol. The first-order valence-corrected chi connectivity index (χ1v) is 6.46. The van der Waals surface area contributed by atoms with E-state index in [1.807, 2.05) is 12.1 Å². The first-order valence-electron chi connectivity index (χ1n) is 6.46. The zero-order chi connectivity index (χ0) is 13.2. The molecule has 1 aliphatic rings. The summed E-state index contributed by atoms with van der Waals surface area (Å²) in [6.45, 7) is 8.23. The molecule has 1 aliphatic heterocycles. The number of nitrogens with one attached hydrogen (secondary N) is 1. The van der Waals surface area contributed by atoms with Crippen LogP contribution >= 0.6 is 0 Å². The second-order valence-corrected chi connectivity index (χ2v) is 5.94. The van der Waals surface area contributed by atoms with Gasteiger partial charge in [0.25, 0.3) is 0 Å². The van der Waals surface area contributed by atoms with Gasteiger partial charge in [0.2, 0.25) is 0 Å². The summed E-state index contributed by atoms with van der Waals surface area (Å²) in [7, 11) is 1.69. The van der Waals surface area contributed by atoms with Crippen LogP contribution in [0.2, 0.25) is 0 Å². The lowest BCUT2D eigenvalue weighted by Crippen LogP contribution is -2.57. The molecule has 1 fully saturated rings. The van der Waals surface area contributed by atoms with Crippen LogP contribution < -0.4 is 10.1 Å². The van der Waals surface area contributed by atoms with Crippen LogP contribution in [0.25, 0.3) is 0 Å². The Labute approximate surface area is 109 Å². The SMILES string of the molecule is COc1ccc(CC2(C)CNCC(C)(C)O2)cc1. The molecule has 1 aromatic rings. The van der Waals surface area contributed by atoms with E-state index in [4.69, 9.17) is 9.47 Å². The van der Waals surface area contributed by atoms with E-state index >= 15 is 0 Å². The molecule has 3 nitrogen and oxygen atoms in total. The van der Waals surface area contributed by atoms with Gasteiger partial charge in [-0.25, -0.2) is 0 Å². The Morgan fingerprint density at radius 2 is 1.83 bits per heavy atom. The molecule has 0 spiro atoms. The van der Waals surface area contributed by atoms with E-state index < -0.39 is 0 Å². The number of methoxy groups -OCH3 is 1.